The van der Waals surface area contributed by atoms with E-state index in [0.29, 0.717) is 17.3 Å². The van der Waals surface area contributed by atoms with E-state index in [2.05, 4.69) is 16.0 Å². The van der Waals surface area contributed by atoms with E-state index in [1.54, 1.807) is 31.3 Å². The van der Waals surface area contributed by atoms with Gasteiger partial charge in [0.15, 0.2) is 0 Å². The minimum absolute atomic E-state index is 0. The van der Waals surface area contributed by atoms with Crippen LogP contribution in [0.3, 0.4) is 0 Å². The van der Waals surface area contributed by atoms with Crippen LogP contribution in [0.2, 0.25) is 0 Å². The summed E-state index contributed by atoms with van der Waals surface area (Å²) >= 11 is 0. The Bertz CT molecular complexity index is 461. The molecule has 0 atom stereocenters. The lowest BCUT2D eigenvalue weighted by molar-refractivity contribution is -0.115. The Balaban J connectivity index is 0.00000180. The Hall–Kier alpha value is -1.59. The summed E-state index contributed by atoms with van der Waals surface area (Å²) < 4.78 is 0. The molecule has 1 saturated carbocycles. The zero-order chi connectivity index (χ0) is 13.0. The molecule has 0 aromatic heterocycles. The average Bonchev–Trinajstić information content (AvgIpc) is 3.13. The highest BCUT2D eigenvalue weighted by Crippen LogP contribution is 2.20. The number of nitrogens with one attached hydrogen (secondary N) is 3. The molecular formula is C13H18ClN3O2. The van der Waals surface area contributed by atoms with E-state index >= 15 is 0 Å². The number of rotatable bonds is 5. The second kappa shape index (κ2) is 7.11. The van der Waals surface area contributed by atoms with Crippen molar-refractivity contribution in [3.63, 3.8) is 0 Å². The predicted molar refractivity (Wildman–Crippen MR) is 76.7 cm³/mol. The van der Waals surface area contributed by atoms with Crippen molar-refractivity contribution in [3.8, 4) is 0 Å². The molecule has 2 rings (SSSR count). The van der Waals surface area contributed by atoms with Gasteiger partial charge in [-0.25, -0.2) is 0 Å². The van der Waals surface area contributed by atoms with Crippen molar-refractivity contribution < 1.29 is 9.59 Å². The zero-order valence-corrected chi connectivity index (χ0v) is 11.5. The van der Waals surface area contributed by atoms with Crippen LogP contribution in [0.5, 0.6) is 0 Å². The van der Waals surface area contributed by atoms with Gasteiger partial charge in [-0.2, -0.15) is 0 Å². The Kier molecular flexibility index (Phi) is 5.79. The van der Waals surface area contributed by atoms with Crippen molar-refractivity contribution in [2.45, 2.75) is 18.9 Å². The molecule has 3 N–H and O–H groups in total. The Morgan fingerprint density at radius 1 is 1.32 bits per heavy atom. The molecule has 0 bridgehead atoms. The highest BCUT2D eigenvalue weighted by atomic mass is 35.5. The lowest BCUT2D eigenvalue weighted by Gasteiger charge is -2.07. The van der Waals surface area contributed by atoms with Crippen molar-refractivity contribution in [1.29, 1.82) is 0 Å². The maximum atomic E-state index is 11.8. The molecule has 19 heavy (non-hydrogen) atoms. The molecule has 1 aromatic carbocycles. The van der Waals surface area contributed by atoms with Gasteiger partial charge in [-0.15, -0.1) is 12.4 Å². The van der Waals surface area contributed by atoms with E-state index in [-0.39, 0.29) is 30.8 Å². The van der Waals surface area contributed by atoms with E-state index in [4.69, 9.17) is 0 Å². The van der Waals surface area contributed by atoms with Gasteiger partial charge in [0.2, 0.25) is 5.91 Å². The third kappa shape index (κ3) is 4.89. The average molecular weight is 284 g/mol. The summed E-state index contributed by atoms with van der Waals surface area (Å²) in [5.74, 6) is -0.209. The van der Waals surface area contributed by atoms with Crippen LogP contribution in [-0.4, -0.2) is 31.4 Å². The molecule has 1 fully saturated rings. The summed E-state index contributed by atoms with van der Waals surface area (Å²) in [6, 6.07) is 7.29. The van der Waals surface area contributed by atoms with Crippen LogP contribution in [-0.2, 0) is 4.79 Å². The number of likely N-dealkylation sites (N-methyl/N-ethyl adjacent to an activating group) is 1. The molecule has 1 aliphatic rings. The highest BCUT2D eigenvalue weighted by molar-refractivity contribution is 5.97. The molecule has 0 heterocycles. The number of benzene rings is 1. The maximum Gasteiger partial charge on any atom is 0.251 e. The largest absolute Gasteiger partial charge is 0.349 e. The smallest absolute Gasteiger partial charge is 0.251 e. The van der Waals surface area contributed by atoms with Gasteiger partial charge >= 0.3 is 0 Å². The normalized spacial score (nSPS) is 13.3. The number of anilines is 1. The molecule has 0 aliphatic heterocycles. The summed E-state index contributed by atoms with van der Waals surface area (Å²) in [6.07, 6.45) is 2.12. The van der Waals surface area contributed by atoms with Crippen molar-refractivity contribution in [3.05, 3.63) is 29.8 Å². The van der Waals surface area contributed by atoms with Gasteiger partial charge in [0.25, 0.3) is 5.91 Å². The molecule has 0 unspecified atom stereocenters. The van der Waals surface area contributed by atoms with E-state index < -0.39 is 0 Å². The van der Waals surface area contributed by atoms with Crippen LogP contribution >= 0.6 is 12.4 Å². The van der Waals surface area contributed by atoms with Gasteiger partial charge in [-0.3, -0.25) is 9.59 Å². The molecule has 1 aliphatic carbocycles. The van der Waals surface area contributed by atoms with Gasteiger partial charge in [-0.1, -0.05) is 6.07 Å². The Morgan fingerprint density at radius 3 is 2.68 bits per heavy atom. The number of halogens is 1. The molecular weight excluding hydrogens is 266 g/mol. The van der Waals surface area contributed by atoms with Gasteiger partial charge in [0.1, 0.15) is 0 Å². The van der Waals surface area contributed by atoms with E-state index in [9.17, 15) is 9.59 Å². The summed E-state index contributed by atoms with van der Waals surface area (Å²) in [5, 5.41) is 8.41. The number of carbonyl (C=O) groups is 2. The van der Waals surface area contributed by atoms with Crippen molar-refractivity contribution in [2.24, 2.45) is 0 Å². The Labute approximate surface area is 118 Å². The summed E-state index contributed by atoms with van der Waals surface area (Å²) in [6.45, 7) is 0.249. The third-order valence-corrected chi connectivity index (χ3v) is 2.66. The van der Waals surface area contributed by atoms with Crippen LogP contribution < -0.4 is 16.0 Å². The zero-order valence-electron chi connectivity index (χ0n) is 10.7. The van der Waals surface area contributed by atoms with Crippen LogP contribution in [0.4, 0.5) is 5.69 Å². The van der Waals surface area contributed by atoms with Crippen molar-refractivity contribution in [1.82, 2.24) is 10.6 Å². The maximum absolute atomic E-state index is 11.8. The first-order chi connectivity index (χ1) is 8.69. The van der Waals surface area contributed by atoms with E-state index in [0.717, 1.165) is 12.8 Å². The fraction of sp³-hybridized carbons (Fsp3) is 0.385. The molecule has 104 valence electrons. The molecule has 2 amide bonds. The lowest BCUT2D eigenvalue weighted by atomic mass is 10.2. The van der Waals surface area contributed by atoms with Gasteiger partial charge < -0.3 is 16.0 Å². The second-order valence-corrected chi connectivity index (χ2v) is 4.41. The fourth-order valence-electron chi connectivity index (χ4n) is 1.60. The van der Waals surface area contributed by atoms with Crippen molar-refractivity contribution >= 4 is 29.9 Å². The van der Waals surface area contributed by atoms with Gasteiger partial charge in [-0.05, 0) is 38.1 Å². The topological polar surface area (TPSA) is 70.2 Å². The summed E-state index contributed by atoms with van der Waals surface area (Å²) in [4.78, 5) is 23.2. The SMILES string of the molecule is CNCC(=O)Nc1cccc(C(=O)NC2CC2)c1.Cl. The molecule has 0 radical (unpaired) electrons. The quantitative estimate of drug-likeness (QED) is 0.759. The predicted octanol–water partition coefficient (Wildman–Crippen LogP) is 1.16. The first-order valence-corrected chi connectivity index (χ1v) is 6.04. The minimum Gasteiger partial charge on any atom is -0.349 e. The summed E-state index contributed by atoms with van der Waals surface area (Å²) in [5.41, 5.74) is 1.21. The monoisotopic (exact) mass is 283 g/mol. The molecule has 5 nitrogen and oxygen atoms in total. The summed E-state index contributed by atoms with van der Waals surface area (Å²) in [7, 11) is 1.71. The molecule has 0 spiro atoms. The first-order valence-electron chi connectivity index (χ1n) is 6.04. The number of amides is 2. The lowest BCUT2D eigenvalue weighted by Crippen LogP contribution is -2.26. The molecule has 0 saturated heterocycles. The fourth-order valence-corrected chi connectivity index (χ4v) is 1.60. The number of carbonyl (C=O) groups excluding carboxylic acids is 2. The van der Waals surface area contributed by atoms with Crippen LogP contribution in [0.15, 0.2) is 24.3 Å². The van der Waals surface area contributed by atoms with Crippen LogP contribution in [0, 0.1) is 0 Å². The standard InChI is InChI=1S/C13H17N3O2.ClH/c1-14-8-12(17)15-11-4-2-3-9(7-11)13(18)16-10-5-6-10;/h2-4,7,10,14H,5-6,8H2,1H3,(H,15,17)(H,16,18);1H. The van der Waals surface area contributed by atoms with E-state index in [1.165, 1.54) is 0 Å². The minimum atomic E-state index is -0.128. The molecule has 1 aromatic rings. The van der Waals surface area contributed by atoms with Crippen LogP contribution in [0.1, 0.15) is 23.2 Å². The molecule has 6 heteroatoms. The van der Waals surface area contributed by atoms with Crippen LogP contribution in [0.25, 0.3) is 0 Å². The number of hydrogen-bond acceptors (Lipinski definition) is 3. The van der Waals surface area contributed by atoms with Gasteiger partial charge in [0, 0.05) is 17.3 Å². The Morgan fingerprint density at radius 2 is 2.05 bits per heavy atom. The van der Waals surface area contributed by atoms with Gasteiger partial charge in [0.05, 0.1) is 6.54 Å². The van der Waals surface area contributed by atoms with E-state index in [1.807, 2.05) is 0 Å². The first kappa shape index (κ1) is 15.5. The third-order valence-electron chi connectivity index (χ3n) is 2.66. The van der Waals surface area contributed by atoms with Crippen molar-refractivity contribution in [2.75, 3.05) is 18.9 Å². The number of hydrogen-bond donors (Lipinski definition) is 3. The highest BCUT2D eigenvalue weighted by Gasteiger charge is 2.23. The second-order valence-electron chi connectivity index (χ2n) is 4.41.